The summed E-state index contributed by atoms with van der Waals surface area (Å²) in [4.78, 5) is 11.8. The Balaban J connectivity index is 0.00000312. The summed E-state index contributed by atoms with van der Waals surface area (Å²) in [5.74, 6) is 0.0812. The van der Waals surface area contributed by atoms with Crippen LogP contribution in [0.3, 0.4) is 0 Å². The fraction of sp³-hybridized carbons (Fsp3) is 0.562. The number of ether oxygens (including phenoxy) is 1. The van der Waals surface area contributed by atoms with Crippen molar-refractivity contribution in [2.75, 3.05) is 38.6 Å². The average Bonchev–Trinajstić information content (AvgIpc) is 2.57. The van der Waals surface area contributed by atoms with Crippen LogP contribution >= 0.6 is 12.4 Å². The van der Waals surface area contributed by atoms with E-state index in [1.165, 1.54) is 10.4 Å². The standard InChI is InChI=1S/C16H25N3O4S.ClH/c1-3-23-14-8-7-13(18-16(20)12-17-2)11-15(14)24(21,22)19-9-5-4-6-10-19;/h7-8,11,17H,3-6,9-10,12H2,1-2H3,(H,18,20);1H. The maximum Gasteiger partial charge on any atom is 0.246 e. The van der Waals surface area contributed by atoms with Gasteiger partial charge >= 0.3 is 0 Å². The summed E-state index contributed by atoms with van der Waals surface area (Å²) < 4.78 is 32.9. The maximum atomic E-state index is 13.0. The topological polar surface area (TPSA) is 87.7 Å². The van der Waals surface area contributed by atoms with Crippen molar-refractivity contribution in [3.05, 3.63) is 18.2 Å². The number of nitrogens with one attached hydrogen (secondary N) is 2. The zero-order valence-electron chi connectivity index (χ0n) is 14.6. The highest BCUT2D eigenvalue weighted by molar-refractivity contribution is 7.89. The number of piperidine rings is 1. The van der Waals surface area contributed by atoms with E-state index in [-0.39, 0.29) is 29.8 Å². The molecule has 0 saturated carbocycles. The molecule has 25 heavy (non-hydrogen) atoms. The highest BCUT2D eigenvalue weighted by atomic mass is 35.5. The minimum Gasteiger partial charge on any atom is -0.492 e. The molecule has 1 amide bonds. The number of carbonyl (C=O) groups excluding carboxylic acids is 1. The molecular formula is C16H26ClN3O4S. The molecule has 7 nitrogen and oxygen atoms in total. The highest BCUT2D eigenvalue weighted by Gasteiger charge is 2.29. The summed E-state index contributed by atoms with van der Waals surface area (Å²) in [6, 6.07) is 4.71. The second kappa shape index (κ2) is 9.96. The van der Waals surface area contributed by atoms with Crippen LogP contribution in [-0.4, -0.2) is 51.9 Å². The van der Waals surface area contributed by atoms with E-state index in [0.29, 0.717) is 31.1 Å². The summed E-state index contributed by atoms with van der Waals surface area (Å²) >= 11 is 0. The van der Waals surface area contributed by atoms with E-state index in [2.05, 4.69) is 10.6 Å². The fourth-order valence-electron chi connectivity index (χ4n) is 2.67. The lowest BCUT2D eigenvalue weighted by atomic mass is 10.2. The van der Waals surface area contributed by atoms with Crippen molar-refractivity contribution in [3.8, 4) is 5.75 Å². The zero-order valence-corrected chi connectivity index (χ0v) is 16.2. The molecule has 9 heteroatoms. The Bertz CT molecular complexity index is 676. The molecule has 0 aliphatic carbocycles. The van der Waals surface area contributed by atoms with E-state index < -0.39 is 10.0 Å². The number of halogens is 1. The van der Waals surface area contributed by atoms with Crippen molar-refractivity contribution in [1.29, 1.82) is 0 Å². The van der Waals surface area contributed by atoms with Crippen LogP contribution in [0, 0.1) is 0 Å². The molecule has 0 aromatic heterocycles. The first kappa shape index (κ1) is 21.7. The average molecular weight is 392 g/mol. The second-order valence-electron chi connectivity index (χ2n) is 5.64. The number of amides is 1. The normalized spacial score (nSPS) is 15.3. The Morgan fingerprint density at radius 1 is 1.24 bits per heavy atom. The highest BCUT2D eigenvalue weighted by Crippen LogP contribution is 2.31. The van der Waals surface area contributed by atoms with Gasteiger partial charge in [-0.15, -0.1) is 12.4 Å². The lowest BCUT2D eigenvalue weighted by molar-refractivity contribution is -0.115. The molecule has 0 bridgehead atoms. The number of likely N-dealkylation sites (N-methyl/N-ethyl adjacent to an activating group) is 1. The smallest absolute Gasteiger partial charge is 0.246 e. The van der Waals surface area contributed by atoms with Crippen LogP contribution in [0.25, 0.3) is 0 Å². The lowest BCUT2D eigenvalue weighted by Crippen LogP contribution is -2.35. The summed E-state index contributed by atoms with van der Waals surface area (Å²) in [6.07, 6.45) is 2.77. The number of nitrogens with zero attached hydrogens (tertiary/aromatic N) is 1. The van der Waals surface area contributed by atoms with Crippen LogP contribution in [0.4, 0.5) is 5.69 Å². The van der Waals surface area contributed by atoms with Crippen LogP contribution in [0.1, 0.15) is 26.2 Å². The Kier molecular flexibility index (Phi) is 8.64. The van der Waals surface area contributed by atoms with Crippen molar-refractivity contribution < 1.29 is 17.9 Å². The summed E-state index contributed by atoms with van der Waals surface area (Å²) in [5.41, 5.74) is 0.439. The quantitative estimate of drug-likeness (QED) is 0.740. The summed E-state index contributed by atoms with van der Waals surface area (Å²) in [7, 11) is -1.97. The van der Waals surface area contributed by atoms with Crippen LogP contribution in [0.5, 0.6) is 5.75 Å². The number of hydrogen-bond donors (Lipinski definition) is 2. The van der Waals surface area contributed by atoms with E-state index in [1.54, 1.807) is 26.1 Å². The van der Waals surface area contributed by atoms with Gasteiger partial charge in [0.15, 0.2) is 0 Å². The number of sulfonamides is 1. The van der Waals surface area contributed by atoms with Gasteiger partial charge in [0.25, 0.3) is 0 Å². The molecule has 1 saturated heterocycles. The fourth-order valence-corrected chi connectivity index (χ4v) is 4.35. The molecule has 1 aromatic rings. The molecule has 1 fully saturated rings. The minimum atomic E-state index is -3.64. The molecule has 1 heterocycles. The molecule has 0 radical (unpaired) electrons. The van der Waals surface area contributed by atoms with Crippen LogP contribution in [0.15, 0.2) is 23.1 Å². The molecule has 142 valence electrons. The van der Waals surface area contributed by atoms with Crippen molar-refractivity contribution in [3.63, 3.8) is 0 Å². The SMILES string of the molecule is CCOc1ccc(NC(=O)CNC)cc1S(=O)(=O)N1CCCCC1.Cl. The number of hydrogen-bond acceptors (Lipinski definition) is 5. The molecule has 2 rings (SSSR count). The summed E-state index contributed by atoms with van der Waals surface area (Å²) in [6.45, 7) is 3.36. The van der Waals surface area contributed by atoms with E-state index in [9.17, 15) is 13.2 Å². The first-order valence-electron chi connectivity index (χ1n) is 8.20. The van der Waals surface area contributed by atoms with E-state index in [1.807, 2.05) is 0 Å². The molecule has 2 N–H and O–H groups in total. The van der Waals surface area contributed by atoms with Gasteiger partial charge in [-0.2, -0.15) is 4.31 Å². The van der Waals surface area contributed by atoms with Gasteiger partial charge in [-0.05, 0) is 45.0 Å². The Morgan fingerprint density at radius 2 is 1.92 bits per heavy atom. The van der Waals surface area contributed by atoms with Gasteiger partial charge in [0, 0.05) is 18.8 Å². The Hall–Kier alpha value is -1.35. The zero-order chi connectivity index (χ0) is 17.6. The largest absolute Gasteiger partial charge is 0.492 e. The molecular weight excluding hydrogens is 366 g/mol. The van der Waals surface area contributed by atoms with Gasteiger partial charge in [0.05, 0.1) is 13.2 Å². The molecule has 0 atom stereocenters. The predicted molar refractivity (Wildman–Crippen MR) is 100 cm³/mol. The maximum absolute atomic E-state index is 13.0. The van der Waals surface area contributed by atoms with Gasteiger partial charge < -0.3 is 15.4 Å². The van der Waals surface area contributed by atoms with Crippen LogP contribution < -0.4 is 15.4 Å². The van der Waals surface area contributed by atoms with Gasteiger partial charge in [-0.25, -0.2) is 8.42 Å². The number of rotatable bonds is 7. The predicted octanol–water partition coefficient (Wildman–Crippen LogP) is 1.84. The minimum absolute atomic E-state index is 0. The van der Waals surface area contributed by atoms with Crippen molar-refractivity contribution >= 4 is 34.0 Å². The van der Waals surface area contributed by atoms with Gasteiger partial charge in [-0.3, -0.25) is 4.79 Å². The van der Waals surface area contributed by atoms with Crippen LogP contribution in [-0.2, 0) is 14.8 Å². The van der Waals surface area contributed by atoms with Crippen molar-refractivity contribution in [1.82, 2.24) is 9.62 Å². The third-order valence-electron chi connectivity index (χ3n) is 3.80. The Labute approximate surface area is 155 Å². The van der Waals surface area contributed by atoms with Crippen molar-refractivity contribution in [2.24, 2.45) is 0 Å². The van der Waals surface area contributed by atoms with E-state index in [4.69, 9.17) is 4.74 Å². The molecule has 1 aliphatic rings. The molecule has 0 spiro atoms. The number of carbonyl (C=O) groups is 1. The van der Waals surface area contributed by atoms with Gasteiger partial charge in [0.1, 0.15) is 10.6 Å². The number of benzene rings is 1. The van der Waals surface area contributed by atoms with E-state index in [0.717, 1.165) is 19.3 Å². The molecule has 1 aromatic carbocycles. The van der Waals surface area contributed by atoms with Crippen LogP contribution in [0.2, 0.25) is 0 Å². The van der Waals surface area contributed by atoms with Crippen molar-refractivity contribution in [2.45, 2.75) is 31.1 Å². The third kappa shape index (κ3) is 5.57. The van der Waals surface area contributed by atoms with Gasteiger partial charge in [0.2, 0.25) is 15.9 Å². The lowest BCUT2D eigenvalue weighted by Gasteiger charge is -2.27. The van der Waals surface area contributed by atoms with E-state index >= 15 is 0 Å². The summed E-state index contributed by atoms with van der Waals surface area (Å²) in [5, 5.41) is 5.44. The second-order valence-corrected chi connectivity index (χ2v) is 7.54. The molecule has 0 unspecified atom stereocenters. The third-order valence-corrected chi connectivity index (χ3v) is 5.72. The van der Waals surface area contributed by atoms with Gasteiger partial charge in [-0.1, -0.05) is 6.42 Å². The Morgan fingerprint density at radius 3 is 2.52 bits per heavy atom. The number of anilines is 1. The first-order valence-corrected chi connectivity index (χ1v) is 9.64. The monoisotopic (exact) mass is 391 g/mol. The first-order chi connectivity index (χ1) is 11.5. The molecule has 1 aliphatic heterocycles.